The highest BCUT2D eigenvalue weighted by Gasteiger charge is 2.13. The molecule has 0 aliphatic heterocycles. The van der Waals surface area contributed by atoms with Crippen LogP contribution in [0.3, 0.4) is 0 Å². The Hall–Kier alpha value is -0.330. The number of ether oxygens (including phenoxy) is 1. The van der Waals surface area contributed by atoms with E-state index in [1.54, 1.807) is 0 Å². The predicted molar refractivity (Wildman–Crippen MR) is 51.5 cm³/mol. The number of rotatable bonds is 2. The molecule has 1 aromatic rings. The summed E-state index contributed by atoms with van der Waals surface area (Å²) in [7, 11) is 2.75. The summed E-state index contributed by atoms with van der Waals surface area (Å²) in [5, 5.41) is -0.207. The summed E-state index contributed by atoms with van der Waals surface area (Å²) in [5.41, 5.74) is 0. The molecule has 0 N–H and O–H groups in total. The highest BCUT2D eigenvalue weighted by atomic mass is 79.9. The van der Waals surface area contributed by atoms with Crippen molar-refractivity contribution in [1.29, 1.82) is 0 Å². The quantitative estimate of drug-likeness (QED) is 0.778. The smallest absolute Gasteiger partial charge is 0.278 e. The Bertz CT molecular complexity index is 420. The van der Waals surface area contributed by atoms with Crippen LogP contribution in [0.2, 0.25) is 0 Å². The van der Waals surface area contributed by atoms with Gasteiger partial charge in [-0.1, -0.05) is 0 Å². The molecule has 0 atom stereocenters. The maximum absolute atomic E-state index is 10.8. The maximum atomic E-state index is 10.8. The summed E-state index contributed by atoms with van der Waals surface area (Å²) in [4.78, 5) is 3.61. The molecule has 0 saturated heterocycles. The largest absolute Gasteiger partial charge is 0.494 e. The molecule has 72 valence electrons. The molecular weight excluding hydrogens is 281 g/mol. The summed E-state index contributed by atoms with van der Waals surface area (Å²) in [6.07, 6.45) is 1.28. The lowest BCUT2D eigenvalue weighted by molar-refractivity contribution is 0.409. The first-order valence-corrected chi connectivity index (χ1v) is 6.19. The van der Waals surface area contributed by atoms with E-state index in [9.17, 15) is 8.42 Å². The fourth-order valence-corrected chi connectivity index (χ4v) is 2.01. The van der Waals surface area contributed by atoms with Gasteiger partial charge in [0, 0.05) is 10.7 Å². The first-order valence-electron chi connectivity index (χ1n) is 3.09. The number of pyridine rings is 1. The Balaban J connectivity index is 3.26. The minimum Gasteiger partial charge on any atom is -0.494 e. The van der Waals surface area contributed by atoms with E-state index in [-0.39, 0.29) is 5.03 Å². The first-order chi connectivity index (χ1) is 5.95. The molecule has 1 heterocycles. The highest BCUT2D eigenvalue weighted by Crippen LogP contribution is 2.26. The summed E-state index contributed by atoms with van der Waals surface area (Å²) in [6.45, 7) is 0. The molecule has 0 saturated carbocycles. The molecule has 1 aromatic heterocycles. The molecule has 0 radical (unpaired) electrons. The maximum Gasteiger partial charge on any atom is 0.278 e. The molecule has 0 aromatic carbocycles. The summed E-state index contributed by atoms with van der Waals surface area (Å²) >= 11 is 3.11. The molecule has 0 aliphatic rings. The van der Waals surface area contributed by atoms with Gasteiger partial charge in [0.1, 0.15) is 0 Å². The van der Waals surface area contributed by atoms with Crippen LogP contribution in [0.15, 0.2) is 21.8 Å². The molecular formula is C6H5BrClNO3S. The molecule has 0 amide bonds. The van der Waals surface area contributed by atoms with E-state index in [0.717, 1.165) is 0 Å². The second-order valence-corrected chi connectivity index (χ2v) is 5.46. The van der Waals surface area contributed by atoms with Gasteiger partial charge >= 0.3 is 0 Å². The molecule has 4 nitrogen and oxygen atoms in total. The van der Waals surface area contributed by atoms with Crippen molar-refractivity contribution in [2.75, 3.05) is 7.11 Å². The average Bonchev–Trinajstić information content (AvgIpc) is 2.02. The average molecular weight is 287 g/mol. The zero-order valence-electron chi connectivity index (χ0n) is 6.49. The fraction of sp³-hybridized carbons (Fsp3) is 0.167. The Labute approximate surface area is 88.4 Å². The Morgan fingerprint density at radius 1 is 1.62 bits per heavy atom. The van der Waals surface area contributed by atoms with Crippen LogP contribution < -0.4 is 4.74 Å². The van der Waals surface area contributed by atoms with Gasteiger partial charge in [0.15, 0.2) is 10.8 Å². The van der Waals surface area contributed by atoms with Crippen molar-refractivity contribution in [2.45, 2.75) is 5.03 Å². The van der Waals surface area contributed by atoms with Crippen LogP contribution >= 0.6 is 26.6 Å². The van der Waals surface area contributed by atoms with E-state index in [2.05, 4.69) is 20.9 Å². The first kappa shape index (κ1) is 10.7. The number of halogens is 2. The van der Waals surface area contributed by atoms with Crippen LogP contribution in [0.25, 0.3) is 0 Å². The third-order valence-corrected chi connectivity index (χ3v) is 3.08. The Morgan fingerprint density at radius 2 is 2.23 bits per heavy atom. The Morgan fingerprint density at radius 3 is 2.62 bits per heavy atom. The minimum atomic E-state index is -3.77. The van der Waals surface area contributed by atoms with Gasteiger partial charge < -0.3 is 4.74 Å². The van der Waals surface area contributed by atoms with Gasteiger partial charge in [-0.25, -0.2) is 13.4 Å². The molecule has 0 aliphatic carbocycles. The number of aromatic nitrogens is 1. The van der Waals surface area contributed by atoms with Crippen molar-refractivity contribution >= 4 is 35.7 Å². The standard InChI is InChI=1S/C6H5BrClNO3S/c1-12-5-3-9-6(2-4(5)7)13(8,10)11/h2-3H,1H3. The van der Waals surface area contributed by atoms with Crippen LogP contribution in [0.5, 0.6) is 5.75 Å². The van der Waals surface area contributed by atoms with Crippen molar-refractivity contribution in [3.8, 4) is 5.75 Å². The van der Waals surface area contributed by atoms with E-state index in [0.29, 0.717) is 10.2 Å². The fourth-order valence-electron chi connectivity index (χ4n) is 0.684. The second-order valence-electron chi connectivity index (χ2n) is 2.09. The van der Waals surface area contributed by atoms with Gasteiger partial charge in [-0.15, -0.1) is 0 Å². The van der Waals surface area contributed by atoms with Crippen molar-refractivity contribution in [3.05, 3.63) is 16.7 Å². The zero-order valence-corrected chi connectivity index (χ0v) is 9.65. The van der Waals surface area contributed by atoms with Crippen LogP contribution in [-0.4, -0.2) is 20.5 Å². The lowest BCUT2D eigenvalue weighted by Crippen LogP contribution is -1.96. The van der Waals surface area contributed by atoms with Crippen molar-refractivity contribution in [3.63, 3.8) is 0 Å². The van der Waals surface area contributed by atoms with Crippen LogP contribution in [0, 0.1) is 0 Å². The van der Waals surface area contributed by atoms with Crippen molar-refractivity contribution in [1.82, 2.24) is 4.98 Å². The van der Waals surface area contributed by atoms with Crippen molar-refractivity contribution in [2.24, 2.45) is 0 Å². The zero-order chi connectivity index (χ0) is 10.1. The van der Waals surface area contributed by atoms with E-state index in [1.165, 1.54) is 19.4 Å². The van der Waals surface area contributed by atoms with E-state index >= 15 is 0 Å². The third-order valence-electron chi connectivity index (χ3n) is 1.26. The summed E-state index contributed by atoms with van der Waals surface area (Å²) in [6, 6.07) is 1.28. The number of methoxy groups -OCH3 is 1. The normalized spacial score (nSPS) is 11.3. The minimum absolute atomic E-state index is 0.207. The summed E-state index contributed by atoms with van der Waals surface area (Å²) in [5.74, 6) is 0.448. The Kier molecular flexibility index (Phi) is 3.15. The van der Waals surface area contributed by atoms with Gasteiger partial charge in [0.05, 0.1) is 17.8 Å². The number of hydrogen-bond acceptors (Lipinski definition) is 4. The van der Waals surface area contributed by atoms with Crippen LogP contribution in [-0.2, 0) is 9.05 Å². The highest BCUT2D eigenvalue weighted by molar-refractivity contribution is 9.10. The third kappa shape index (κ3) is 2.55. The molecule has 1 rings (SSSR count). The van der Waals surface area contributed by atoms with E-state index in [4.69, 9.17) is 15.4 Å². The number of nitrogens with zero attached hydrogens (tertiary/aromatic N) is 1. The monoisotopic (exact) mass is 285 g/mol. The molecule has 0 spiro atoms. The van der Waals surface area contributed by atoms with Gasteiger partial charge in [0.2, 0.25) is 0 Å². The summed E-state index contributed by atoms with van der Waals surface area (Å²) < 4.78 is 27.0. The van der Waals surface area contributed by atoms with E-state index in [1.807, 2.05) is 0 Å². The second kappa shape index (κ2) is 3.81. The van der Waals surface area contributed by atoms with Gasteiger partial charge in [-0.05, 0) is 22.0 Å². The van der Waals surface area contributed by atoms with Crippen LogP contribution in [0.1, 0.15) is 0 Å². The van der Waals surface area contributed by atoms with E-state index < -0.39 is 9.05 Å². The number of hydrogen-bond donors (Lipinski definition) is 0. The topological polar surface area (TPSA) is 56.3 Å². The molecule has 0 bridgehead atoms. The van der Waals surface area contributed by atoms with Crippen LogP contribution in [0.4, 0.5) is 0 Å². The van der Waals surface area contributed by atoms with Gasteiger partial charge in [0.25, 0.3) is 9.05 Å². The molecule has 7 heteroatoms. The predicted octanol–water partition coefficient (Wildman–Crippen LogP) is 1.78. The van der Waals surface area contributed by atoms with Gasteiger partial charge in [-0.3, -0.25) is 0 Å². The molecule has 13 heavy (non-hydrogen) atoms. The van der Waals surface area contributed by atoms with Gasteiger partial charge in [-0.2, -0.15) is 0 Å². The van der Waals surface area contributed by atoms with Crippen molar-refractivity contribution < 1.29 is 13.2 Å². The lowest BCUT2D eigenvalue weighted by Gasteiger charge is -2.02. The molecule has 0 unspecified atom stereocenters. The molecule has 0 fully saturated rings. The lowest BCUT2D eigenvalue weighted by atomic mass is 10.5. The SMILES string of the molecule is COc1cnc(S(=O)(=O)Cl)cc1Br.